The van der Waals surface area contributed by atoms with Crippen LogP contribution in [0.15, 0.2) is 24.3 Å². The Labute approximate surface area is 120 Å². The minimum Gasteiger partial charge on any atom is -0.385 e. The van der Waals surface area contributed by atoms with Gasteiger partial charge in [-0.1, -0.05) is 19.1 Å². The lowest BCUT2D eigenvalue weighted by Crippen LogP contribution is -2.32. The smallest absolute Gasteiger partial charge is 0.221 e. The van der Waals surface area contributed by atoms with Crippen LogP contribution in [0.3, 0.4) is 0 Å². The second kappa shape index (κ2) is 7.90. The van der Waals surface area contributed by atoms with Crippen LogP contribution in [0.2, 0.25) is 0 Å². The van der Waals surface area contributed by atoms with Crippen molar-refractivity contribution in [2.45, 2.75) is 38.7 Å². The number of aryl methyl sites for hydroxylation is 1. The highest BCUT2D eigenvalue weighted by atomic mass is 16.5. The number of hydrogen-bond donors (Lipinski definition) is 2. The Hall–Kier alpha value is -1.55. The van der Waals surface area contributed by atoms with Gasteiger partial charge in [0.05, 0.1) is 6.10 Å². The zero-order valence-corrected chi connectivity index (χ0v) is 12.2. The van der Waals surface area contributed by atoms with Crippen molar-refractivity contribution < 1.29 is 9.53 Å². The maximum atomic E-state index is 11.7. The molecule has 0 spiro atoms. The highest BCUT2D eigenvalue weighted by Crippen LogP contribution is 2.11. The van der Waals surface area contributed by atoms with Crippen LogP contribution in [0, 0.1) is 0 Å². The van der Waals surface area contributed by atoms with Crippen molar-refractivity contribution in [3.63, 3.8) is 0 Å². The summed E-state index contributed by atoms with van der Waals surface area (Å²) in [5.41, 5.74) is 2.39. The first-order chi connectivity index (χ1) is 9.78. The molecule has 1 saturated heterocycles. The number of anilines is 1. The molecule has 0 saturated carbocycles. The van der Waals surface area contributed by atoms with E-state index in [9.17, 15) is 4.79 Å². The summed E-state index contributed by atoms with van der Waals surface area (Å²) in [5, 5.41) is 6.19. The summed E-state index contributed by atoms with van der Waals surface area (Å²) < 4.78 is 5.47. The standard InChI is InChI=1S/C16H24N2O2/c1-2-13-5-7-14(8-6-13)17-10-9-16(19)18-12-15-4-3-11-20-15/h5-8,15,17H,2-4,9-12H2,1H3,(H,18,19). The maximum absolute atomic E-state index is 11.7. The normalized spacial score (nSPS) is 17.9. The number of hydrogen-bond acceptors (Lipinski definition) is 3. The van der Waals surface area contributed by atoms with E-state index in [4.69, 9.17) is 4.74 Å². The van der Waals surface area contributed by atoms with Crippen LogP contribution in [0.4, 0.5) is 5.69 Å². The lowest BCUT2D eigenvalue weighted by molar-refractivity contribution is -0.121. The minimum absolute atomic E-state index is 0.0816. The van der Waals surface area contributed by atoms with Gasteiger partial charge in [0.1, 0.15) is 0 Å². The third kappa shape index (κ3) is 4.85. The molecule has 2 rings (SSSR count). The number of ether oxygens (including phenoxy) is 1. The van der Waals surface area contributed by atoms with E-state index in [2.05, 4.69) is 41.8 Å². The first-order valence-corrected chi connectivity index (χ1v) is 7.49. The first kappa shape index (κ1) is 14.9. The lowest BCUT2D eigenvalue weighted by Gasteiger charge is -2.11. The summed E-state index contributed by atoms with van der Waals surface area (Å²) in [4.78, 5) is 11.7. The first-order valence-electron chi connectivity index (χ1n) is 7.49. The summed E-state index contributed by atoms with van der Waals surface area (Å²) in [6, 6.07) is 8.34. The van der Waals surface area contributed by atoms with E-state index in [1.807, 2.05) is 0 Å². The van der Waals surface area contributed by atoms with E-state index in [0.29, 0.717) is 19.5 Å². The Bertz CT molecular complexity index is 411. The van der Waals surface area contributed by atoms with E-state index < -0.39 is 0 Å². The Kier molecular flexibility index (Phi) is 5.87. The van der Waals surface area contributed by atoms with Gasteiger partial charge >= 0.3 is 0 Å². The summed E-state index contributed by atoms with van der Waals surface area (Å²) in [5.74, 6) is 0.0816. The highest BCUT2D eigenvalue weighted by Gasteiger charge is 2.15. The Morgan fingerprint density at radius 2 is 2.15 bits per heavy atom. The van der Waals surface area contributed by atoms with E-state index in [1.54, 1.807) is 0 Å². The van der Waals surface area contributed by atoms with Crippen molar-refractivity contribution >= 4 is 11.6 Å². The van der Waals surface area contributed by atoms with Gasteiger partial charge in [-0.05, 0) is 37.0 Å². The fourth-order valence-electron chi connectivity index (χ4n) is 2.30. The van der Waals surface area contributed by atoms with Gasteiger partial charge in [0.25, 0.3) is 0 Å². The summed E-state index contributed by atoms with van der Waals surface area (Å²) in [6.45, 7) is 4.27. The maximum Gasteiger partial charge on any atom is 0.221 e. The molecule has 0 bridgehead atoms. The Morgan fingerprint density at radius 1 is 1.35 bits per heavy atom. The van der Waals surface area contributed by atoms with E-state index in [1.165, 1.54) is 5.56 Å². The molecule has 4 heteroatoms. The molecule has 110 valence electrons. The predicted molar refractivity (Wildman–Crippen MR) is 80.9 cm³/mol. The van der Waals surface area contributed by atoms with Crippen LogP contribution < -0.4 is 10.6 Å². The number of carbonyl (C=O) groups is 1. The number of benzene rings is 1. The topological polar surface area (TPSA) is 50.4 Å². The van der Waals surface area contributed by atoms with Gasteiger partial charge < -0.3 is 15.4 Å². The van der Waals surface area contributed by atoms with Crippen LogP contribution in [0.1, 0.15) is 31.7 Å². The molecule has 2 N–H and O–H groups in total. The molecule has 1 fully saturated rings. The van der Waals surface area contributed by atoms with Gasteiger partial charge in [-0.25, -0.2) is 0 Å². The monoisotopic (exact) mass is 276 g/mol. The zero-order valence-electron chi connectivity index (χ0n) is 12.2. The highest BCUT2D eigenvalue weighted by molar-refractivity contribution is 5.76. The van der Waals surface area contributed by atoms with Crippen molar-refractivity contribution in [2.75, 3.05) is 25.0 Å². The number of carbonyl (C=O) groups excluding carboxylic acids is 1. The Morgan fingerprint density at radius 3 is 2.80 bits per heavy atom. The van der Waals surface area contributed by atoms with Crippen LogP contribution >= 0.6 is 0 Å². The average molecular weight is 276 g/mol. The van der Waals surface area contributed by atoms with Crippen LogP contribution in [0.5, 0.6) is 0 Å². The Balaban J connectivity index is 1.60. The van der Waals surface area contributed by atoms with Crippen LogP contribution in [-0.2, 0) is 16.0 Å². The summed E-state index contributed by atoms with van der Waals surface area (Å²) in [7, 11) is 0. The molecule has 4 nitrogen and oxygen atoms in total. The molecule has 0 aliphatic carbocycles. The third-order valence-corrected chi connectivity index (χ3v) is 3.59. The molecule has 1 aromatic rings. The molecule has 20 heavy (non-hydrogen) atoms. The molecular formula is C16H24N2O2. The van der Waals surface area contributed by atoms with Gasteiger partial charge in [-0.15, -0.1) is 0 Å². The van der Waals surface area contributed by atoms with Gasteiger partial charge in [0.2, 0.25) is 5.91 Å². The molecule has 1 unspecified atom stereocenters. The number of nitrogens with one attached hydrogen (secondary N) is 2. The molecule has 1 aliphatic rings. The fraction of sp³-hybridized carbons (Fsp3) is 0.562. The molecular weight excluding hydrogens is 252 g/mol. The molecule has 1 aliphatic heterocycles. The van der Waals surface area contributed by atoms with Gasteiger partial charge in [0, 0.05) is 31.8 Å². The zero-order chi connectivity index (χ0) is 14.2. The molecule has 1 heterocycles. The molecule has 1 atom stereocenters. The summed E-state index contributed by atoms with van der Waals surface area (Å²) in [6.07, 6.45) is 3.92. The third-order valence-electron chi connectivity index (χ3n) is 3.59. The number of rotatable bonds is 7. The van der Waals surface area contributed by atoms with E-state index in [-0.39, 0.29) is 12.0 Å². The average Bonchev–Trinajstić information content (AvgIpc) is 2.99. The fourth-order valence-corrected chi connectivity index (χ4v) is 2.30. The van der Waals surface area contributed by atoms with Crippen molar-refractivity contribution in [2.24, 2.45) is 0 Å². The van der Waals surface area contributed by atoms with E-state index >= 15 is 0 Å². The van der Waals surface area contributed by atoms with Gasteiger partial charge in [-0.2, -0.15) is 0 Å². The van der Waals surface area contributed by atoms with Crippen molar-refractivity contribution in [1.29, 1.82) is 0 Å². The largest absolute Gasteiger partial charge is 0.385 e. The molecule has 1 amide bonds. The van der Waals surface area contributed by atoms with E-state index in [0.717, 1.165) is 31.6 Å². The van der Waals surface area contributed by atoms with Crippen LogP contribution in [-0.4, -0.2) is 31.7 Å². The quantitative estimate of drug-likeness (QED) is 0.803. The number of amides is 1. The SMILES string of the molecule is CCc1ccc(NCCC(=O)NCC2CCCO2)cc1. The predicted octanol–water partition coefficient (Wildman–Crippen LogP) is 2.35. The van der Waals surface area contributed by atoms with Crippen molar-refractivity contribution in [3.8, 4) is 0 Å². The van der Waals surface area contributed by atoms with Crippen LogP contribution in [0.25, 0.3) is 0 Å². The molecule has 0 radical (unpaired) electrons. The molecule has 1 aromatic carbocycles. The minimum atomic E-state index is 0.0816. The second-order valence-electron chi connectivity index (χ2n) is 5.17. The van der Waals surface area contributed by atoms with Crippen molar-refractivity contribution in [1.82, 2.24) is 5.32 Å². The van der Waals surface area contributed by atoms with Gasteiger partial charge in [-0.3, -0.25) is 4.79 Å². The summed E-state index contributed by atoms with van der Waals surface area (Å²) >= 11 is 0. The lowest BCUT2D eigenvalue weighted by atomic mass is 10.1. The van der Waals surface area contributed by atoms with Crippen molar-refractivity contribution in [3.05, 3.63) is 29.8 Å². The molecule has 0 aromatic heterocycles. The second-order valence-corrected chi connectivity index (χ2v) is 5.17. The van der Waals surface area contributed by atoms with Gasteiger partial charge in [0.15, 0.2) is 0 Å².